The molecule has 0 bridgehead atoms. The van der Waals surface area contributed by atoms with Crippen molar-refractivity contribution in [2.45, 2.75) is 39.2 Å². The van der Waals surface area contributed by atoms with Crippen LogP contribution < -0.4 is 0 Å². The number of piperidine rings is 1. The van der Waals surface area contributed by atoms with Crippen LogP contribution in [0.25, 0.3) is 0 Å². The molecule has 68 valence electrons. The molecule has 0 aromatic heterocycles. The molecule has 1 heterocycles. The van der Waals surface area contributed by atoms with Gasteiger partial charge < -0.3 is 4.90 Å². The standard InChI is InChI=1S/C9H15NO2/c1-7(11)10-6-4-5-8(12)9(10,2)3/h4-6H2,1-3H3. The highest BCUT2D eigenvalue weighted by atomic mass is 16.2. The summed E-state index contributed by atoms with van der Waals surface area (Å²) in [7, 11) is 0. The maximum absolute atomic E-state index is 11.4. The minimum absolute atomic E-state index is 0.00644. The van der Waals surface area contributed by atoms with Crippen LogP contribution >= 0.6 is 0 Å². The van der Waals surface area contributed by atoms with Crippen LogP contribution in [0.15, 0.2) is 0 Å². The molecule has 0 N–H and O–H groups in total. The van der Waals surface area contributed by atoms with Gasteiger partial charge in [0.05, 0.1) is 5.54 Å². The van der Waals surface area contributed by atoms with Crippen molar-refractivity contribution >= 4 is 11.7 Å². The SMILES string of the molecule is CC(=O)N1CCCC(=O)C1(C)C. The lowest BCUT2D eigenvalue weighted by Crippen LogP contribution is -2.55. The Morgan fingerprint density at radius 3 is 2.50 bits per heavy atom. The first kappa shape index (κ1) is 9.23. The van der Waals surface area contributed by atoms with Gasteiger partial charge in [-0.15, -0.1) is 0 Å². The van der Waals surface area contributed by atoms with Gasteiger partial charge in [0.2, 0.25) is 5.91 Å². The average molecular weight is 169 g/mol. The van der Waals surface area contributed by atoms with Gasteiger partial charge in [0.15, 0.2) is 5.78 Å². The van der Waals surface area contributed by atoms with Gasteiger partial charge in [0.25, 0.3) is 0 Å². The third-order valence-electron chi connectivity index (χ3n) is 2.52. The van der Waals surface area contributed by atoms with Crippen LogP contribution in [0.5, 0.6) is 0 Å². The molecule has 0 atom stereocenters. The molecular formula is C9H15NO2. The zero-order valence-corrected chi connectivity index (χ0v) is 7.89. The smallest absolute Gasteiger partial charge is 0.220 e. The van der Waals surface area contributed by atoms with Crippen molar-refractivity contribution < 1.29 is 9.59 Å². The summed E-state index contributed by atoms with van der Waals surface area (Å²) in [6.45, 7) is 5.86. The summed E-state index contributed by atoms with van der Waals surface area (Å²) in [5.41, 5.74) is -0.579. The highest BCUT2D eigenvalue weighted by Crippen LogP contribution is 2.23. The van der Waals surface area contributed by atoms with E-state index in [1.807, 2.05) is 13.8 Å². The molecule has 1 aliphatic rings. The van der Waals surface area contributed by atoms with Gasteiger partial charge in [0.1, 0.15) is 0 Å². The van der Waals surface area contributed by atoms with Crippen molar-refractivity contribution in [3.63, 3.8) is 0 Å². The Morgan fingerprint density at radius 2 is 2.08 bits per heavy atom. The first-order chi connectivity index (χ1) is 5.46. The molecular weight excluding hydrogens is 154 g/mol. The minimum Gasteiger partial charge on any atom is -0.331 e. The molecule has 3 heteroatoms. The molecule has 0 radical (unpaired) electrons. The van der Waals surface area contributed by atoms with E-state index in [1.165, 1.54) is 6.92 Å². The van der Waals surface area contributed by atoms with Crippen molar-refractivity contribution in [3.05, 3.63) is 0 Å². The lowest BCUT2D eigenvalue weighted by atomic mass is 9.89. The van der Waals surface area contributed by atoms with Gasteiger partial charge in [-0.05, 0) is 20.3 Å². The van der Waals surface area contributed by atoms with Gasteiger partial charge in [0, 0.05) is 19.9 Å². The zero-order chi connectivity index (χ0) is 9.35. The summed E-state index contributed by atoms with van der Waals surface area (Å²) < 4.78 is 0. The van der Waals surface area contributed by atoms with E-state index in [9.17, 15) is 9.59 Å². The number of hydrogen-bond acceptors (Lipinski definition) is 2. The third-order valence-corrected chi connectivity index (χ3v) is 2.52. The number of ketones is 1. The van der Waals surface area contributed by atoms with Crippen LogP contribution in [0, 0.1) is 0 Å². The summed E-state index contributed by atoms with van der Waals surface area (Å²) in [5.74, 6) is 0.164. The second kappa shape index (κ2) is 2.88. The number of rotatable bonds is 0. The quantitative estimate of drug-likeness (QED) is 0.542. The molecule has 0 aliphatic carbocycles. The van der Waals surface area contributed by atoms with E-state index in [0.29, 0.717) is 13.0 Å². The van der Waals surface area contributed by atoms with Crippen molar-refractivity contribution in [3.8, 4) is 0 Å². The Morgan fingerprint density at radius 1 is 1.50 bits per heavy atom. The van der Waals surface area contributed by atoms with Crippen LogP contribution in [-0.4, -0.2) is 28.7 Å². The fraction of sp³-hybridized carbons (Fsp3) is 0.778. The fourth-order valence-electron chi connectivity index (χ4n) is 1.68. The summed E-state index contributed by atoms with van der Waals surface area (Å²) in [4.78, 5) is 24.2. The van der Waals surface area contributed by atoms with E-state index in [4.69, 9.17) is 0 Å². The molecule has 1 rings (SSSR count). The lowest BCUT2D eigenvalue weighted by Gasteiger charge is -2.40. The Balaban J connectivity index is 2.86. The number of Topliss-reactive ketones (excluding diaryl/α,β-unsaturated/α-hetero) is 1. The van der Waals surface area contributed by atoms with Crippen molar-refractivity contribution in [1.29, 1.82) is 0 Å². The second-order valence-corrected chi connectivity index (χ2v) is 3.76. The van der Waals surface area contributed by atoms with Crippen molar-refractivity contribution in [2.24, 2.45) is 0 Å². The van der Waals surface area contributed by atoms with Crippen molar-refractivity contribution in [1.82, 2.24) is 4.90 Å². The predicted molar refractivity (Wildman–Crippen MR) is 45.7 cm³/mol. The second-order valence-electron chi connectivity index (χ2n) is 3.76. The number of nitrogens with zero attached hydrogens (tertiary/aromatic N) is 1. The maximum atomic E-state index is 11.4. The zero-order valence-electron chi connectivity index (χ0n) is 7.89. The number of carbonyl (C=O) groups is 2. The van der Waals surface area contributed by atoms with E-state index in [1.54, 1.807) is 4.90 Å². The minimum atomic E-state index is -0.579. The van der Waals surface area contributed by atoms with E-state index in [0.717, 1.165) is 6.42 Å². The van der Waals surface area contributed by atoms with E-state index in [-0.39, 0.29) is 11.7 Å². The van der Waals surface area contributed by atoms with E-state index < -0.39 is 5.54 Å². The van der Waals surface area contributed by atoms with Gasteiger partial charge in [-0.2, -0.15) is 0 Å². The number of likely N-dealkylation sites (tertiary alicyclic amines) is 1. The third kappa shape index (κ3) is 1.36. The fourth-order valence-corrected chi connectivity index (χ4v) is 1.68. The van der Waals surface area contributed by atoms with Crippen LogP contribution in [0.1, 0.15) is 33.6 Å². The maximum Gasteiger partial charge on any atom is 0.220 e. The Kier molecular flexibility index (Phi) is 2.22. The molecule has 0 aromatic rings. The summed E-state index contributed by atoms with van der Waals surface area (Å²) in [6.07, 6.45) is 1.42. The molecule has 1 aliphatic heterocycles. The molecule has 0 saturated carbocycles. The van der Waals surface area contributed by atoms with E-state index >= 15 is 0 Å². The predicted octanol–water partition coefficient (Wildman–Crippen LogP) is 0.976. The monoisotopic (exact) mass is 169 g/mol. The number of amides is 1. The Labute approximate surface area is 72.7 Å². The molecule has 3 nitrogen and oxygen atoms in total. The summed E-state index contributed by atoms with van der Waals surface area (Å²) in [5, 5.41) is 0. The molecule has 0 spiro atoms. The van der Waals surface area contributed by atoms with Crippen molar-refractivity contribution in [2.75, 3.05) is 6.54 Å². The molecule has 0 aromatic carbocycles. The number of hydrogen-bond donors (Lipinski definition) is 0. The molecule has 1 fully saturated rings. The Bertz CT molecular complexity index is 221. The van der Waals surface area contributed by atoms with Crippen LogP contribution in [0.4, 0.5) is 0 Å². The molecule has 0 unspecified atom stereocenters. The van der Waals surface area contributed by atoms with Gasteiger partial charge in [-0.25, -0.2) is 0 Å². The summed E-state index contributed by atoms with van der Waals surface area (Å²) >= 11 is 0. The number of carbonyl (C=O) groups excluding carboxylic acids is 2. The van der Waals surface area contributed by atoms with E-state index in [2.05, 4.69) is 0 Å². The highest BCUT2D eigenvalue weighted by Gasteiger charge is 2.38. The lowest BCUT2D eigenvalue weighted by molar-refractivity contribution is -0.146. The summed E-state index contributed by atoms with van der Waals surface area (Å²) in [6, 6.07) is 0. The molecule has 1 amide bonds. The first-order valence-electron chi connectivity index (χ1n) is 4.28. The van der Waals surface area contributed by atoms with Gasteiger partial charge >= 0.3 is 0 Å². The molecule has 12 heavy (non-hydrogen) atoms. The van der Waals surface area contributed by atoms with Gasteiger partial charge in [-0.3, -0.25) is 9.59 Å². The van der Waals surface area contributed by atoms with Crippen LogP contribution in [0.2, 0.25) is 0 Å². The largest absolute Gasteiger partial charge is 0.331 e. The molecule has 1 saturated heterocycles. The van der Waals surface area contributed by atoms with Crippen LogP contribution in [0.3, 0.4) is 0 Å². The average Bonchev–Trinajstić information content (AvgIpc) is 1.94. The first-order valence-corrected chi connectivity index (χ1v) is 4.28. The Hall–Kier alpha value is -0.860. The highest BCUT2D eigenvalue weighted by molar-refractivity contribution is 5.92. The van der Waals surface area contributed by atoms with Gasteiger partial charge in [-0.1, -0.05) is 0 Å². The van der Waals surface area contributed by atoms with Crippen LogP contribution in [-0.2, 0) is 9.59 Å². The normalized spacial score (nSPS) is 22.6. The topological polar surface area (TPSA) is 37.4 Å².